The van der Waals surface area contributed by atoms with Crippen LogP contribution in [0.2, 0.25) is 0 Å². The fourth-order valence-electron chi connectivity index (χ4n) is 2.67. The van der Waals surface area contributed by atoms with E-state index in [9.17, 15) is 9.59 Å². The van der Waals surface area contributed by atoms with Crippen molar-refractivity contribution in [2.24, 2.45) is 0 Å². The number of nitrogens with one attached hydrogen (secondary N) is 1. The van der Waals surface area contributed by atoms with E-state index < -0.39 is 0 Å². The number of amides is 2. The summed E-state index contributed by atoms with van der Waals surface area (Å²) in [5.74, 6) is 0.782. The van der Waals surface area contributed by atoms with Crippen LogP contribution in [-0.2, 0) is 6.61 Å². The van der Waals surface area contributed by atoms with Crippen molar-refractivity contribution < 1.29 is 19.1 Å². The molecule has 160 valence electrons. The number of hydrogen-bond acceptors (Lipinski definition) is 5. The van der Waals surface area contributed by atoms with Crippen LogP contribution in [-0.4, -0.2) is 37.3 Å². The molecule has 31 heavy (non-hydrogen) atoms. The number of thioether (sulfide) groups is 1. The third kappa shape index (κ3) is 6.26. The lowest BCUT2D eigenvalue weighted by Crippen LogP contribution is -2.16. The zero-order valence-corrected chi connectivity index (χ0v) is 18.4. The first-order valence-corrected chi connectivity index (χ1v) is 10.4. The molecule has 7 heteroatoms. The van der Waals surface area contributed by atoms with E-state index in [0.717, 1.165) is 22.2 Å². The lowest BCUT2D eigenvalue weighted by Gasteiger charge is -2.13. The maximum Gasteiger partial charge on any atom is 0.285 e. The van der Waals surface area contributed by atoms with Crippen molar-refractivity contribution in [1.82, 2.24) is 4.90 Å². The first-order valence-electron chi connectivity index (χ1n) is 9.61. The molecule has 0 saturated carbocycles. The van der Waals surface area contributed by atoms with Gasteiger partial charge in [0.25, 0.3) is 11.1 Å². The van der Waals surface area contributed by atoms with Crippen LogP contribution in [0.15, 0.2) is 77.7 Å². The number of nitrogens with zero attached hydrogens (tertiary/aromatic N) is 1. The van der Waals surface area contributed by atoms with Gasteiger partial charge in [-0.1, -0.05) is 30.3 Å². The lowest BCUT2D eigenvalue weighted by molar-refractivity contribution is 0.102. The molecule has 0 aliphatic rings. The Balaban J connectivity index is 1.64. The van der Waals surface area contributed by atoms with Crippen LogP contribution in [0, 0.1) is 0 Å². The molecular weight excluding hydrogens is 412 g/mol. The number of benzene rings is 3. The van der Waals surface area contributed by atoms with Crippen molar-refractivity contribution in [3.63, 3.8) is 0 Å². The summed E-state index contributed by atoms with van der Waals surface area (Å²) in [5, 5.41) is 2.79. The molecule has 0 unspecified atom stereocenters. The van der Waals surface area contributed by atoms with Crippen molar-refractivity contribution >= 4 is 28.6 Å². The van der Waals surface area contributed by atoms with Crippen molar-refractivity contribution in [3.8, 4) is 11.5 Å². The summed E-state index contributed by atoms with van der Waals surface area (Å²) in [5.41, 5.74) is 2.13. The zero-order chi connectivity index (χ0) is 22.2. The van der Waals surface area contributed by atoms with Gasteiger partial charge in [-0.25, -0.2) is 0 Å². The molecule has 0 bridgehead atoms. The van der Waals surface area contributed by atoms with E-state index in [2.05, 4.69) is 5.32 Å². The number of hydrogen-bond donors (Lipinski definition) is 1. The van der Waals surface area contributed by atoms with Crippen LogP contribution >= 0.6 is 11.8 Å². The highest BCUT2D eigenvalue weighted by Gasteiger charge is 2.12. The highest BCUT2D eigenvalue weighted by molar-refractivity contribution is 8.13. The van der Waals surface area contributed by atoms with E-state index in [1.165, 1.54) is 12.0 Å². The highest BCUT2D eigenvalue weighted by atomic mass is 32.2. The smallest absolute Gasteiger partial charge is 0.285 e. The maximum absolute atomic E-state index is 12.7. The summed E-state index contributed by atoms with van der Waals surface area (Å²) in [6.07, 6.45) is 0. The van der Waals surface area contributed by atoms with Crippen LogP contribution in [0.25, 0.3) is 0 Å². The van der Waals surface area contributed by atoms with Gasteiger partial charge in [0.1, 0.15) is 6.61 Å². The van der Waals surface area contributed by atoms with Gasteiger partial charge in [0.15, 0.2) is 11.5 Å². The van der Waals surface area contributed by atoms with E-state index >= 15 is 0 Å². The molecule has 0 atom stereocenters. The van der Waals surface area contributed by atoms with Gasteiger partial charge in [-0.05, 0) is 59.8 Å². The van der Waals surface area contributed by atoms with Gasteiger partial charge in [-0.15, -0.1) is 0 Å². The van der Waals surface area contributed by atoms with Crippen molar-refractivity contribution in [1.29, 1.82) is 0 Å². The van der Waals surface area contributed by atoms with Gasteiger partial charge < -0.3 is 19.7 Å². The molecule has 0 spiro atoms. The Labute approximate surface area is 186 Å². The Morgan fingerprint density at radius 2 is 1.65 bits per heavy atom. The number of carbonyl (C=O) groups excluding carboxylic acids is 2. The standard InChI is InChI=1S/C24H24N2O4S/c1-26(2)24(28)31-20-12-10-19(11-13-20)25-23(27)18-9-14-21(22(15-18)29-3)30-16-17-7-5-4-6-8-17/h4-15H,16H2,1-3H3,(H,25,27). The summed E-state index contributed by atoms with van der Waals surface area (Å²) >= 11 is 1.13. The van der Waals surface area contributed by atoms with Crippen molar-refractivity contribution in [2.75, 3.05) is 26.5 Å². The Morgan fingerprint density at radius 3 is 2.29 bits per heavy atom. The predicted octanol–water partition coefficient (Wildman–Crippen LogP) is 5.30. The third-order valence-corrected chi connectivity index (χ3v) is 5.39. The number of ether oxygens (including phenoxy) is 2. The number of anilines is 1. The highest BCUT2D eigenvalue weighted by Crippen LogP contribution is 2.29. The predicted molar refractivity (Wildman–Crippen MR) is 123 cm³/mol. The second-order valence-electron chi connectivity index (χ2n) is 6.88. The van der Waals surface area contributed by atoms with Gasteiger partial charge in [-0.3, -0.25) is 9.59 Å². The third-order valence-electron chi connectivity index (χ3n) is 4.35. The molecule has 0 aromatic heterocycles. The van der Waals surface area contributed by atoms with E-state index in [0.29, 0.717) is 29.4 Å². The largest absolute Gasteiger partial charge is 0.493 e. The minimum atomic E-state index is -0.266. The van der Waals surface area contributed by atoms with Crippen LogP contribution in [0.5, 0.6) is 11.5 Å². The SMILES string of the molecule is COc1cc(C(=O)Nc2ccc(SC(=O)N(C)C)cc2)ccc1OCc1ccccc1. The van der Waals surface area contributed by atoms with Crippen molar-refractivity contribution in [3.05, 3.63) is 83.9 Å². The van der Waals surface area contributed by atoms with E-state index in [4.69, 9.17) is 9.47 Å². The molecule has 3 rings (SSSR count). The molecule has 0 radical (unpaired) electrons. The number of carbonyl (C=O) groups is 2. The summed E-state index contributed by atoms with van der Waals surface area (Å²) in [7, 11) is 4.95. The fraction of sp³-hybridized carbons (Fsp3) is 0.167. The van der Waals surface area contributed by atoms with Crippen LogP contribution < -0.4 is 14.8 Å². The van der Waals surface area contributed by atoms with Crippen LogP contribution in [0.1, 0.15) is 15.9 Å². The lowest BCUT2D eigenvalue weighted by atomic mass is 10.1. The molecule has 0 aliphatic carbocycles. The van der Waals surface area contributed by atoms with E-state index in [1.807, 2.05) is 30.3 Å². The fourth-order valence-corrected chi connectivity index (χ4v) is 3.32. The monoisotopic (exact) mass is 436 g/mol. The van der Waals surface area contributed by atoms with Gasteiger partial charge in [0.2, 0.25) is 0 Å². The Bertz CT molecular complexity index is 1040. The van der Waals surface area contributed by atoms with E-state index in [-0.39, 0.29) is 11.1 Å². The maximum atomic E-state index is 12.7. The summed E-state index contributed by atoms with van der Waals surface area (Å²) in [6, 6.07) is 22.0. The molecular formula is C24H24N2O4S. The summed E-state index contributed by atoms with van der Waals surface area (Å²) in [4.78, 5) is 26.7. The van der Waals surface area contributed by atoms with Gasteiger partial charge in [0, 0.05) is 30.2 Å². The second kappa shape index (κ2) is 10.5. The first kappa shape index (κ1) is 22.2. The first-order chi connectivity index (χ1) is 15.0. The van der Waals surface area contributed by atoms with E-state index in [1.54, 1.807) is 56.6 Å². The molecule has 0 heterocycles. The molecule has 0 aliphatic heterocycles. The quantitative estimate of drug-likeness (QED) is 0.509. The molecule has 3 aromatic rings. The van der Waals surface area contributed by atoms with Gasteiger partial charge in [0.05, 0.1) is 7.11 Å². The van der Waals surface area contributed by atoms with Gasteiger partial charge in [-0.2, -0.15) is 0 Å². The van der Waals surface area contributed by atoms with Crippen molar-refractivity contribution in [2.45, 2.75) is 11.5 Å². The van der Waals surface area contributed by atoms with Crippen LogP contribution in [0.4, 0.5) is 10.5 Å². The number of rotatable bonds is 7. The van der Waals surface area contributed by atoms with Gasteiger partial charge >= 0.3 is 0 Å². The minimum Gasteiger partial charge on any atom is -0.493 e. The molecule has 2 amide bonds. The Hall–Kier alpha value is -3.45. The summed E-state index contributed by atoms with van der Waals surface area (Å²) in [6.45, 7) is 0.406. The van der Waals surface area contributed by atoms with Crippen LogP contribution in [0.3, 0.4) is 0 Å². The topological polar surface area (TPSA) is 67.9 Å². The Morgan fingerprint density at radius 1 is 0.935 bits per heavy atom. The summed E-state index contributed by atoms with van der Waals surface area (Å²) < 4.78 is 11.2. The molecule has 3 aromatic carbocycles. The molecule has 0 fully saturated rings. The molecule has 6 nitrogen and oxygen atoms in total. The average molecular weight is 437 g/mol. The minimum absolute atomic E-state index is 0.0570. The normalized spacial score (nSPS) is 10.3. The zero-order valence-electron chi connectivity index (χ0n) is 17.6. The second-order valence-corrected chi connectivity index (χ2v) is 7.91. The molecule has 0 saturated heterocycles. The average Bonchev–Trinajstić information content (AvgIpc) is 2.79. The Kier molecular flexibility index (Phi) is 7.56. The number of methoxy groups -OCH3 is 1. The molecule has 1 N–H and O–H groups in total.